The van der Waals surface area contributed by atoms with Crippen LogP contribution in [0, 0.1) is 0 Å². The van der Waals surface area contributed by atoms with Crippen molar-refractivity contribution < 1.29 is 0 Å². The summed E-state index contributed by atoms with van der Waals surface area (Å²) >= 11 is 0. The van der Waals surface area contributed by atoms with Crippen molar-refractivity contribution in [2.24, 2.45) is 0 Å². The first-order valence-electron chi connectivity index (χ1n) is 6.14. The molecule has 17 heavy (non-hydrogen) atoms. The lowest BCUT2D eigenvalue weighted by Gasteiger charge is -2.33. The molecule has 0 saturated carbocycles. The fraction of sp³-hybridized carbons (Fsp3) is 0.667. The molecular weight excluding hydrogens is 214 g/mol. The number of aromatic nitrogens is 2. The molecule has 2 N–H and O–H groups in total. The second kappa shape index (κ2) is 4.87. The molecule has 0 amide bonds. The smallest absolute Gasteiger partial charge is 0.135 e. The number of piperazine rings is 1. The van der Waals surface area contributed by atoms with Crippen molar-refractivity contribution in [2.45, 2.75) is 19.8 Å². The largest absolute Gasteiger partial charge is 0.384 e. The highest BCUT2D eigenvalue weighted by molar-refractivity contribution is 5.47. The van der Waals surface area contributed by atoms with Crippen molar-refractivity contribution in [3.05, 3.63) is 11.9 Å². The van der Waals surface area contributed by atoms with E-state index >= 15 is 0 Å². The molecule has 5 nitrogen and oxygen atoms in total. The van der Waals surface area contributed by atoms with E-state index in [1.165, 1.54) is 0 Å². The Morgan fingerprint density at radius 3 is 2.41 bits per heavy atom. The van der Waals surface area contributed by atoms with Crippen LogP contribution in [-0.4, -0.2) is 48.1 Å². The minimum Gasteiger partial charge on any atom is -0.384 e. The maximum absolute atomic E-state index is 5.84. The van der Waals surface area contributed by atoms with E-state index in [2.05, 4.69) is 40.7 Å². The van der Waals surface area contributed by atoms with Crippen molar-refractivity contribution in [1.82, 2.24) is 14.9 Å². The average Bonchev–Trinajstić information content (AvgIpc) is 2.29. The molecule has 1 aromatic heterocycles. The van der Waals surface area contributed by atoms with Crippen LogP contribution in [0.5, 0.6) is 0 Å². The summed E-state index contributed by atoms with van der Waals surface area (Å²) in [4.78, 5) is 13.5. The third-order valence-electron chi connectivity index (χ3n) is 3.09. The van der Waals surface area contributed by atoms with Crippen LogP contribution in [0.2, 0.25) is 0 Å². The van der Waals surface area contributed by atoms with Gasteiger partial charge in [0, 0.05) is 38.2 Å². The maximum atomic E-state index is 5.84. The summed E-state index contributed by atoms with van der Waals surface area (Å²) in [7, 11) is 2.14. The Morgan fingerprint density at radius 1 is 1.18 bits per heavy atom. The molecule has 0 atom stereocenters. The first-order valence-corrected chi connectivity index (χ1v) is 6.14. The Labute approximate surface area is 103 Å². The normalized spacial score (nSPS) is 17.8. The van der Waals surface area contributed by atoms with Crippen LogP contribution in [0.3, 0.4) is 0 Å². The molecule has 0 radical (unpaired) electrons. The first-order chi connectivity index (χ1) is 8.06. The summed E-state index contributed by atoms with van der Waals surface area (Å²) in [5.74, 6) is 2.68. The second-order valence-corrected chi connectivity index (χ2v) is 4.95. The molecule has 2 heterocycles. The fourth-order valence-corrected chi connectivity index (χ4v) is 1.93. The van der Waals surface area contributed by atoms with Crippen molar-refractivity contribution >= 4 is 11.6 Å². The molecule has 1 aliphatic heterocycles. The van der Waals surface area contributed by atoms with Crippen LogP contribution in [0.4, 0.5) is 11.6 Å². The Balaban J connectivity index is 2.20. The molecular formula is C12H21N5. The van der Waals surface area contributed by atoms with Crippen LogP contribution in [0.25, 0.3) is 0 Å². The number of hydrogen-bond acceptors (Lipinski definition) is 5. The van der Waals surface area contributed by atoms with E-state index in [-0.39, 0.29) is 0 Å². The number of nitrogens with zero attached hydrogens (tertiary/aromatic N) is 4. The standard InChI is InChI=1S/C12H21N5/c1-9(2)12-14-10(13)8-11(15-12)17-6-4-16(3)5-7-17/h8-9H,4-7H2,1-3H3,(H2,13,14,15). The predicted octanol–water partition coefficient (Wildman–Crippen LogP) is 0.934. The van der Waals surface area contributed by atoms with Crippen LogP contribution in [0.1, 0.15) is 25.6 Å². The lowest BCUT2D eigenvalue weighted by molar-refractivity contribution is 0.312. The van der Waals surface area contributed by atoms with Gasteiger partial charge in [-0.3, -0.25) is 0 Å². The molecule has 0 spiro atoms. The van der Waals surface area contributed by atoms with Gasteiger partial charge in [-0.15, -0.1) is 0 Å². The van der Waals surface area contributed by atoms with Crippen LogP contribution in [-0.2, 0) is 0 Å². The molecule has 2 rings (SSSR count). The van der Waals surface area contributed by atoms with Crippen molar-refractivity contribution in [3.63, 3.8) is 0 Å². The molecule has 1 aromatic rings. The minimum atomic E-state index is 0.310. The van der Waals surface area contributed by atoms with Crippen LogP contribution in [0.15, 0.2) is 6.07 Å². The van der Waals surface area contributed by atoms with E-state index < -0.39 is 0 Å². The van der Waals surface area contributed by atoms with Crippen molar-refractivity contribution in [1.29, 1.82) is 0 Å². The van der Waals surface area contributed by atoms with Gasteiger partial charge in [0.15, 0.2) is 0 Å². The zero-order chi connectivity index (χ0) is 12.4. The van der Waals surface area contributed by atoms with Gasteiger partial charge < -0.3 is 15.5 Å². The van der Waals surface area contributed by atoms with Gasteiger partial charge in [0.1, 0.15) is 17.5 Å². The Bertz CT molecular complexity index is 382. The summed E-state index contributed by atoms with van der Waals surface area (Å²) in [5.41, 5.74) is 5.84. The first kappa shape index (κ1) is 12.1. The Hall–Kier alpha value is -1.36. The summed E-state index contributed by atoms with van der Waals surface area (Å²) in [5, 5.41) is 0. The predicted molar refractivity (Wildman–Crippen MR) is 70.2 cm³/mol. The second-order valence-electron chi connectivity index (χ2n) is 4.95. The topological polar surface area (TPSA) is 58.3 Å². The summed E-state index contributed by atoms with van der Waals surface area (Å²) in [6, 6.07) is 1.87. The Morgan fingerprint density at radius 2 is 1.82 bits per heavy atom. The molecule has 0 aromatic carbocycles. The molecule has 1 fully saturated rings. The average molecular weight is 235 g/mol. The molecule has 1 saturated heterocycles. The zero-order valence-corrected chi connectivity index (χ0v) is 10.8. The van der Waals surface area contributed by atoms with E-state index in [9.17, 15) is 0 Å². The van der Waals surface area contributed by atoms with Gasteiger partial charge >= 0.3 is 0 Å². The highest BCUT2D eigenvalue weighted by Crippen LogP contribution is 2.19. The van der Waals surface area contributed by atoms with Crippen LogP contribution >= 0.6 is 0 Å². The van der Waals surface area contributed by atoms with Gasteiger partial charge in [0.2, 0.25) is 0 Å². The maximum Gasteiger partial charge on any atom is 0.135 e. The lowest BCUT2D eigenvalue weighted by atomic mass is 10.2. The highest BCUT2D eigenvalue weighted by Gasteiger charge is 2.17. The van der Waals surface area contributed by atoms with E-state index in [4.69, 9.17) is 5.73 Å². The van der Waals surface area contributed by atoms with Gasteiger partial charge in [-0.05, 0) is 7.05 Å². The summed E-state index contributed by atoms with van der Waals surface area (Å²) in [6.45, 7) is 8.32. The lowest BCUT2D eigenvalue weighted by Crippen LogP contribution is -2.45. The number of rotatable bonds is 2. The van der Waals surface area contributed by atoms with Gasteiger partial charge in [0.05, 0.1) is 0 Å². The van der Waals surface area contributed by atoms with Crippen LogP contribution < -0.4 is 10.6 Å². The number of hydrogen-bond donors (Lipinski definition) is 1. The third kappa shape index (κ3) is 2.85. The zero-order valence-electron chi connectivity index (χ0n) is 10.8. The quantitative estimate of drug-likeness (QED) is 0.826. The molecule has 0 bridgehead atoms. The number of anilines is 2. The molecule has 5 heteroatoms. The van der Waals surface area contributed by atoms with E-state index in [0.29, 0.717) is 11.7 Å². The van der Waals surface area contributed by atoms with Gasteiger partial charge in [-0.25, -0.2) is 9.97 Å². The molecule has 94 valence electrons. The monoisotopic (exact) mass is 235 g/mol. The van der Waals surface area contributed by atoms with E-state index in [1.807, 2.05) is 6.07 Å². The van der Waals surface area contributed by atoms with Crippen molar-refractivity contribution in [2.75, 3.05) is 43.9 Å². The number of nitrogen functional groups attached to an aromatic ring is 1. The van der Waals surface area contributed by atoms with E-state index in [0.717, 1.165) is 37.8 Å². The molecule has 1 aliphatic rings. The van der Waals surface area contributed by atoms with Gasteiger partial charge in [-0.1, -0.05) is 13.8 Å². The summed E-state index contributed by atoms with van der Waals surface area (Å²) < 4.78 is 0. The minimum absolute atomic E-state index is 0.310. The highest BCUT2D eigenvalue weighted by atomic mass is 15.3. The van der Waals surface area contributed by atoms with Crippen molar-refractivity contribution in [3.8, 4) is 0 Å². The van der Waals surface area contributed by atoms with Gasteiger partial charge in [0.25, 0.3) is 0 Å². The summed E-state index contributed by atoms with van der Waals surface area (Å²) in [6.07, 6.45) is 0. The number of likely N-dealkylation sites (N-methyl/N-ethyl adjacent to an activating group) is 1. The number of nitrogens with two attached hydrogens (primary N) is 1. The Kier molecular flexibility index (Phi) is 3.47. The van der Waals surface area contributed by atoms with E-state index in [1.54, 1.807) is 0 Å². The third-order valence-corrected chi connectivity index (χ3v) is 3.09. The van der Waals surface area contributed by atoms with Gasteiger partial charge in [-0.2, -0.15) is 0 Å². The molecule has 0 aliphatic carbocycles. The SMILES string of the molecule is CC(C)c1nc(N)cc(N2CCN(C)CC2)n1. The molecule has 0 unspecified atom stereocenters. The fourth-order valence-electron chi connectivity index (χ4n) is 1.93.